The zero-order valence-electron chi connectivity index (χ0n) is 19.9. The number of thiol groups is 1. The number of piperazine rings is 1. The quantitative estimate of drug-likeness (QED) is 0.192. The van der Waals surface area contributed by atoms with Gasteiger partial charge in [-0.05, 0) is 37.5 Å². The Morgan fingerprint density at radius 1 is 1.37 bits per heavy atom. The predicted octanol–water partition coefficient (Wildman–Crippen LogP) is 2.54. The van der Waals surface area contributed by atoms with Gasteiger partial charge in [-0.1, -0.05) is 6.92 Å². The highest BCUT2D eigenvalue weighted by molar-refractivity contribution is 8.00. The first-order valence-corrected chi connectivity index (χ1v) is 13.2. The molecule has 194 valence electrons. The largest absolute Gasteiger partial charge is 0.445 e. The molecule has 0 spiro atoms. The van der Waals surface area contributed by atoms with Crippen molar-refractivity contribution < 1.29 is 24.5 Å². The van der Waals surface area contributed by atoms with Crippen LogP contribution >= 0.6 is 24.4 Å². The number of carbonyl (C=O) groups excluding carboxylic acids is 2. The van der Waals surface area contributed by atoms with Crippen LogP contribution in [0.4, 0.5) is 10.5 Å². The molecule has 3 rings (SSSR count). The van der Waals surface area contributed by atoms with Gasteiger partial charge in [-0.25, -0.2) is 4.79 Å². The third-order valence-electron chi connectivity index (χ3n) is 6.25. The summed E-state index contributed by atoms with van der Waals surface area (Å²) in [7, 11) is 0. The number of nitro groups is 1. The molecule has 2 saturated heterocycles. The van der Waals surface area contributed by atoms with Gasteiger partial charge in [0.25, 0.3) is 11.6 Å². The number of nitrogens with one attached hydrogen (secondary N) is 1. The van der Waals surface area contributed by atoms with Crippen molar-refractivity contribution in [3.8, 4) is 0 Å². The lowest BCUT2D eigenvalue weighted by Crippen LogP contribution is -2.59. The average molecular weight is 528 g/mol. The number of amides is 2. The normalized spacial score (nSPS) is 23.7. The van der Waals surface area contributed by atoms with E-state index < -0.39 is 16.3 Å². The van der Waals surface area contributed by atoms with Crippen molar-refractivity contribution in [2.75, 3.05) is 31.9 Å². The molecule has 2 fully saturated rings. The number of hydrogen-bond donors (Lipinski definition) is 3. The van der Waals surface area contributed by atoms with Crippen LogP contribution in [-0.2, 0) is 16.1 Å². The molecule has 0 radical (unpaired) electrons. The van der Waals surface area contributed by atoms with Gasteiger partial charge in [0.05, 0.1) is 10.2 Å². The van der Waals surface area contributed by atoms with E-state index in [0.29, 0.717) is 43.9 Å². The number of rotatable bonds is 9. The lowest BCUT2D eigenvalue weighted by atomic mass is 10.2. The molecule has 0 saturated carbocycles. The van der Waals surface area contributed by atoms with Gasteiger partial charge in [0.1, 0.15) is 6.61 Å². The highest BCUT2D eigenvalue weighted by Gasteiger charge is 2.36. The standard InChI is InChI=1S/C22H33N5O6S2/c1-3-17-11-23-8-9-25(17)26(30)21(28)15(2)35-14-19-10-20(34)12-24(19)22(29)33-13-16-4-6-18(7-5-16)27(31)32/h4-7,15,17,19-20,23,30,34H,3,8-14H2,1-2H3. The highest BCUT2D eigenvalue weighted by Crippen LogP contribution is 2.28. The number of benzene rings is 1. The summed E-state index contributed by atoms with van der Waals surface area (Å²) in [5.74, 6) is 0.117. The summed E-state index contributed by atoms with van der Waals surface area (Å²) in [5.41, 5.74) is 0.624. The highest BCUT2D eigenvalue weighted by atomic mass is 32.2. The summed E-state index contributed by atoms with van der Waals surface area (Å²) in [6.07, 6.45) is 0.989. The van der Waals surface area contributed by atoms with Gasteiger partial charge in [0.15, 0.2) is 0 Å². The number of nitrogens with zero attached hydrogens (tertiary/aromatic N) is 4. The number of nitro benzene ring substituents is 1. The molecule has 2 N–H and O–H groups in total. The van der Waals surface area contributed by atoms with Gasteiger partial charge < -0.3 is 15.0 Å². The second-order valence-corrected chi connectivity index (χ2v) is 10.8. The van der Waals surface area contributed by atoms with E-state index in [-0.39, 0.29) is 35.5 Å². The number of ether oxygens (including phenoxy) is 1. The zero-order chi connectivity index (χ0) is 25.5. The Balaban J connectivity index is 1.51. The maximum Gasteiger partial charge on any atom is 0.410 e. The number of thioether (sulfide) groups is 1. The van der Waals surface area contributed by atoms with Crippen molar-refractivity contribution in [2.24, 2.45) is 0 Å². The summed E-state index contributed by atoms with van der Waals surface area (Å²) < 4.78 is 5.43. The van der Waals surface area contributed by atoms with Crippen molar-refractivity contribution in [2.45, 2.75) is 55.9 Å². The van der Waals surface area contributed by atoms with Crippen LogP contribution in [0.3, 0.4) is 0 Å². The molecule has 2 amide bonds. The summed E-state index contributed by atoms with van der Waals surface area (Å²) in [5, 5.41) is 26.6. The van der Waals surface area contributed by atoms with E-state index in [1.165, 1.54) is 23.9 Å². The Bertz CT molecular complexity index is 892. The fraction of sp³-hybridized carbons (Fsp3) is 0.636. The number of likely N-dealkylation sites (tertiary alicyclic amines) is 1. The molecule has 4 atom stereocenters. The Morgan fingerprint density at radius 2 is 2.09 bits per heavy atom. The number of hydrazine groups is 1. The minimum Gasteiger partial charge on any atom is -0.445 e. The second-order valence-electron chi connectivity index (χ2n) is 8.71. The fourth-order valence-electron chi connectivity index (χ4n) is 4.19. The van der Waals surface area contributed by atoms with Crippen molar-refractivity contribution in [1.29, 1.82) is 0 Å². The first-order valence-electron chi connectivity index (χ1n) is 11.7. The third-order valence-corrected chi connectivity index (χ3v) is 7.91. The SMILES string of the molecule is CCC1CNCCN1N(O)C(=O)C(C)SCC1CC(S)CN1C(=O)OCc1ccc([N+](=O)[O-])cc1. The van der Waals surface area contributed by atoms with Crippen LogP contribution in [0.15, 0.2) is 24.3 Å². The molecular weight excluding hydrogens is 494 g/mol. The molecule has 11 nitrogen and oxygen atoms in total. The molecule has 2 aliphatic heterocycles. The van der Waals surface area contributed by atoms with Gasteiger partial charge in [-0.3, -0.25) is 20.1 Å². The fourth-order valence-corrected chi connectivity index (χ4v) is 5.67. The Morgan fingerprint density at radius 3 is 2.74 bits per heavy atom. The molecule has 1 aromatic carbocycles. The Kier molecular flexibility index (Phi) is 10.0. The van der Waals surface area contributed by atoms with Crippen LogP contribution in [0.1, 0.15) is 32.3 Å². The van der Waals surface area contributed by atoms with E-state index in [0.717, 1.165) is 11.6 Å². The molecule has 4 unspecified atom stereocenters. The monoisotopic (exact) mass is 527 g/mol. The van der Waals surface area contributed by atoms with Crippen LogP contribution in [0.5, 0.6) is 0 Å². The molecule has 0 aromatic heterocycles. The second kappa shape index (κ2) is 12.8. The summed E-state index contributed by atoms with van der Waals surface area (Å²) >= 11 is 5.92. The minimum atomic E-state index is -0.496. The maximum absolute atomic E-state index is 12.8. The van der Waals surface area contributed by atoms with Crippen LogP contribution in [-0.4, -0.2) is 91.7 Å². The van der Waals surface area contributed by atoms with Crippen LogP contribution < -0.4 is 5.32 Å². The van der Waals surface area contributed by atoms with E-state index in [9.17, 15) is 24.9 Å². The van der Waals surface area contributed by atoms with E-state index in [4.69, 9.17) is 4.74 Å². The molecular formula is C22H33N5O6S2. The van der Waals surface area contributed by atoms with E-state index >= 15 is 0 Å². The van der Waals surface area contributed by atoms with Crippen LogP contribution in [0, 0.1) is 10.1 Å². The molecule has 35 heavy (non-hydrogen) atoms. The average Bonchev–Trinajstić information content (AvgIpc) is 3.25. The van der Waals surface area contributed by atoms with Gasteiger partial charge in [-0.15, -0.1) is 16.9 Å². The maximum atomic E-state index is 12.8. The molecule has 0 bridgehead atoms. The van der Waals surface area contributed by atoms with E-state index in [1.807, 2.05) is 6.92 Å². The summed E-state index contributed by atoms with van der Waals surface area (Å²) in [6.45, 7) is 6.17. The van der Waals surface area contributed by atoms with Gasteiger partial charge >= 0.3 is 6.09 Å². The molecule has 1 aromatic rings. The molecule has 13 heteroatoms. The lowest BCUT2D eigenvalue weighted by molar-refractivity contribution is -0.384. The van der Waals surface area contributed by atoms with Crippen molar-refractivity contribution in [1.82, 2.24) is 20.4 Å². The van der Waals surface area contributed by atoms with Crippen LogP contribution in [0.2, 0.25) is 0 Å². The van der Waals surface area contributed by atoms with Gasteiger partial charge in [0.2, 0.25) is 0 Å². The Labute approximate surface area is 214 Å². The molecule has 2 heterocycles. The number of non-ortho nitro benzene ring substituents is 1. The number of hydrogen-bond acceptors (Lipinski definition) is 10. The summed E-state index contributed by atoms with van der Waals surface area (Å²) in [6, 6.07) is 5.74. The predicted molar refractivity (Wildman–Crippen MR) is 135 cm³/mol. The first-order chi connectivity index (χ1) is 16.7. The third kappa shape index (κ3) is 7.23. The lowest BCUT2D eigenvalue weighted by Gasteiger charge is -2.40. The first kappa shape index (κ1) is 27.5. The van der Waals surface area contributed by atoms with Crippen LogP contribution in [0.25, 0.3) is 0 Å². The molecule has 2 aliphatic rings. The van der Waals surface area contributed by atoms with Gasteiger partial charge in [-0.2, -0.15) is 17.6 Å². The van der Waals surface area contributed by atoms with E-state index in [2.05, 4.69) is 17.9 Å². The smallest absolute Gasteiger partial charge is 0.410 e. The summed E-state index contributed by atoms with van der Waals surface area (Å²) in [4.78, 5) is 37.5. The zero-order valence-corrected chi connectivity index (χ0v) is 21.6. The minimum absolute atomic E-state index is 0.000893. The van der Waals surface area contributed by atoms with E-state index in [1.54, 1.807) is 29.0 Å². The number of hydroxylamine groups is 1. The van der Waals surface area contributed by atoms with Crippen molar-refractivity contribution in [3.63, 3.8) is 0 Å². The van der Waals surface area contributed by atoms with Gasteiger partial charge in [0, 0.05) is 61.4 Å². The number of carbonyl (C=O) groups is 2. The van der Waals surface area contributed by atoms with Crippen molar-refractivity contribution in [3.05, 3.63) is 39.9 Å². The Hall–Kier alpha value is -2.06. The van der Waals surface area contributed by atoms with Crippen molar-refractivity contribution >= 4 is 42.1 Å². The molecule has 0 aliphatic carbocycles. The topological polar surface area (TPSA) is 128 Å².